The number of imide groups is 1. The molecule has 0 aromatic heterocycles. The summed E-state index contributed by atoms with van der Waals surface area (Å²) in [6.45, 7) is 1.60. The molecule has 2 amide bonds. The molecule has 1 unspecified atom stereocenters. The average Bonchev–Trinajstić information content (AvgIpc) is 2.61. The fraction of sp³-hybridized carbons (Fsp3) is 0.385. The first kappa shape index (κ1) is 13.3. The minimum Gasteiger partial charge on any atom is -0.493 e. The number of halogens is 1. The summed E-state index contributed by atoms with van der Waals surface area (Å²) in [7, 11) is 1.44. The molecule has 1 aromatic carbocycles. The molecule has 102 valence electrons. The van der Waals surface area contributed by atoms with Crippen molar-refractivity contribution in [2.75, 3.05) is 13.7 Å². The number of hydrogen-bond donors (Lipinski definition) is 1. The topological polar surface area (TPSA) is 64.6 Å². The molecule has 6 heteroatoms. The largest absolute Gasteiger partial charge is 0.493 e. The molecular weight excluding hydrogens is 253 g/mol. The minimum atomic E-state index is -0.936. The first-order chi connectivity index (χ1) is 8.94. The van der Waals surface area contributed by atoms with Crippen molar-refractivity contribution in [2.24, 2.45) is 5.41 Å². The van der Waals surface area contributed by atoms with E-state index in [0.29, 0.717) is 5.75 Å². The number of rotatable bonds is 4. The van der Waals surface area contributed by atoms with E-state index in [2.05, 4.69) is 5.32 Å². The lowest BCUT2D eigenvalue weighted by molar-refractivity contribution is -0.129. The molecule has 19 heavy (non-hydrogen) atoms. The third kappa shape index (κ3) is 2.67. The summed E-state index contributed by atoms with van der Waals surface area (Å²) >= 11 is 0. The van der Waals surface area contributed by atoms with Crippen LogP contribution in [-0.2, 0) is 9.59 Å². The van der Waals surface area contributed by atoms with Gasteiger partial charge < -0.3 is 9.47 Å². The number of carbonyl (C=O) groups is 2. The summed E-state index contributed by atoms with van der Waals surface area (Å²) in [5.41, 5.74) is -0.936. The second-order valence-electron chi connectivity index (χ2n) is 4.70. The molecule has 0 saturated carbocycles. The van der Waals surface area contributed by atoms with E-state index < -0.39 is 11.2 Å². The van der Waals surface area contributed by atoms with E-state index in [-0.39, 0.29) is 30.6 Å². The highest BCUT2D eigenvalue weighted by molar-refractivity contribution is 6.05. The maximum Gasteiger partial charge on any atom is 0.236 e. The predicted octanol–water partition coefficient (Wildman–Crippen LogP) is 1.27. The van der Waals surface area contributed by atoms with Crippen LogP contribution >= 0.6 is 0 Å². The molecule has 2 rings (SSSR count). The Bertz CT molecular complexity index is 531. The van der Waals surface area contributed by atoms with Crippen molar-refractivity contribution in [3.63, 3.8) is 0 Å². The van der Waals surface area contributed by atoms with Gasteiger partial charge in [0.2, 0.25) is 11.8 Å². The number of ether oxygens (including phenoxy) is 2. The van der Waals surface area contributed by atoms with Crippen LogP contribution in [0.1, 0.15) is 13.3 Å². The van der Waals surface area contributed by atoms with Crippen molar-refractivity contribution < 1.29 is 23.5 Å². The summed E-state index contributed by atoms with van der Waals surface area (Å²) in [6, 6.07) is 3.86. The van der Waals surface area contributed by atoms with Crippen LogP contribution in [0.3, 0.4) is 0 Å². The lowest BCUT2D eigenvalue weighted by Crippen LogP contribution is -2.34. The number of methoxy groups -OCH3 is 1. The van der Waals surface area contributed by atoms with Gasteiger partial charge in [-0.3, -0.25) is 14.9 Å². The van der Waals surface area contributed by atoms with Crippen LogP contribution < -0.4 is 14.8 Å². The Morgan fingerprint density at radius 2 is 2.11 bits per heavy atom. The fourth-order valence-electron chi connectivity index (χ4n) is 1.87. The van der Waals surface area contributed by atoms with E-state index in [4.69, 9.17) is 9.47 Å². The first-order valence-electron chi connectivity index (χ1n) is 5.75. The van der Waals surface area contributed by atoms with Gasteiger partial charge in [0.05, 0.1) is 12.5 Å². The highest BCUT2D eigenvalue weighted by atomic mass is 19.1. The summed E-state index contributed by atoms with van der Waals surface area (Å²) in [6.07, 6.45) is 0.0590. The quantitative estimate of drug-likeness (QED) is 0.834. The molecule has 1 aromatic rings. The molecule has 1 saturated heterocycles. The Hall–Kier alpha value is -2.11. The molecule has 0 radical (unpaired) electrons. The number of amides is 2. The molecule has 0 aliphatic carbocycles. The molecule has 5 nitrogen and oxygen atoms in total. The van der Waals surface area contributed by atoms with Gasteiger partial charge in [-0.1, -0.05) is 0 Å². The van der Waals surface area contributed by atoms with Crippen LogP contribution in [0.15, 0.2) is 18.2 Å². The maximum atomic E-state index is 13.1. The van der Waals surface area contributed by atoms with Crippen LogP contribution in [-0.4, -0.2) is 25.5 Å². The lowest BCUT2D eigenvalue weighted by atomic mass is 9.90. The van der Waals surface area contributed by atoms with Gasteiger partial charge in [-0.2, -0.15) is 0 Å². The van der Waals surface area contributed by atoms with E-state index in [0.717, 1.165) is 0 Å². The van der Waals surface area contributed by atoms with Crippen molar-refractivity contribution >= 4 is 11.8 Å². The molecule has 1 aliphatic rings. The van der Waals surface area contributed by atoms with Gasteiger partial charge in [0.25, 0.3) is 0 Å². The Kier molecular flexibility index (Phi) is 3.42. The maximum absolute atomic E-state index is 13.1. The third-order valence-corrected chi connectivity index (χ3v) is 3.02. The minimum absolute atomic E-state index is 0.0234. The van der Waals surface area contributed by atoms with Gasteiger partial charge in [0, 0.05) is 12.5 Å². The second-order valence-corrected chi connectivity index (χ2v) is 4.70. The van der Waals surface area contributed by atoms with Gasteiger partial charge in [0.1, 0.15) is 12.4 Å². The van der Waals surface area contributed by atoms with Gasteiger partial charge in [-0.15, -0.1) is 0 Å². The Morgan fingerprint density at radius 1 is 1.37 bits per heavy atom. The summed E-state index contributed by atoms with van der Waals surface area (Å²) in [4.78, 5) is 22.8. The van der Waals surface area contributed by atoms with E-state index >= 15 is 0 Å². The first-order valence-corrected chi connectivity index (χ1v) is 5.75. The molecule has 1 aliphatic heterocycles. The monoisotopic (exact) mass is 267 g/mol. The standard InChI is InChI=1S/C13H14FNO4/c1-13(6-11(16)15-12(13)17)7-19-10-5-8(14)3-4-9(10)18-2/h3-5H,6-7H2,1-2H3,(H,15,16,17). The summed E-state index contributed by atoms with van der Waals surface area (Å²) in [5.74, 6) is -0.603. The van der Waals surface area contributed by atoms with Crippen LogP contribution in [0, 0.1) is 11.2 Å². The molecule has 0 spiro atoms. The smallest absolute Gasteiger partial charge is 0.236 e. The average molecular weight is 267 g/mol. The van der Waals surface area contributed by atoms with Crippen LogP contribution in [0.25, 0.3) is 0 Å². The normalized spacial score (nSPS) is 22.3. The van der Waals surface area contributed by atoms with Crippen molar-refractivity contribution in [3.05, 3.63) is 24.0 Å². The Balaban J connectivity index is 2.12. The highest BCUT2D eigenvalue weighted by Gasteiger charge is 2.43. The summed E-state index contributed by atoms with van der Waals surface area (Å²) in [5, 5.41) is 2.22. The van der Waals surface area contributed by atoms with Gasteiger partial charge in [-0.05, 0) is 19.1 Å². The van der Waals surface area contributed by atoms with Gasteiger partial charge >= 0.3 is 0 Å². The second kappa shape index (κ2) is 4.87. The Labute approximate surface area is 109 Å². The summed E-state index contributed by atoms with van der Waals surface area (Å²) < 4.78 is 23.6. The number of carbonyl (C=O) groups excluding carboxylic acids is 2. The molecule has 1 atom stereocenters. The number of nitrogens with one attached hydrogen (secondary N) is 1. The van der Waals surface area contributed by atoms with E-state index in [1.165, 1.54) is 25.3 Å². The van der Waals surface area contributed by atoms with Gasteiger partial charge in [0.15, 0.2) is 11.5 Å². The lowest BCUT2D eigenvalue weighted by Gasteiger charge is -2.20. The SMILES string of the molecule is COc1ccc(F)cc1OCC1(C)CC(=O)NC1=O. The zero-order chi connectivity index (χ0) is 14.0. The van der Waals surface area contributed by atoms with E-state index in [1.807, 2.05) is 0 Å². The zero-order valence-electron chi connectivity index (χ0n) is 10.7. The molecular formula is C13H14FNO4. The number of hydrogen-bond acceptors (Lipinski definition) is 4. The van der Waals surface area contributed by atoms with Crippen molar-refractivity contribution in [1.82, 2.24) is 5.32 Å². The predicted molar refractivity (Wildman–Crippen MR) is 64.3 cm³/mol. The zero-order valence-corrected chi connectivity index (χ0v) is 10.7. The molecule has 0 bridgehead atoms. The van der Waals surface area contributed by atoms with E-state index in [1.54, 1.807) is 6.92 Å². The van der Waals surface area contributed by atoms with Crippen molar-refractivity contribution in [3.8, 4) is 11.5 Å². The van der Waals surface area contributed by atoms with Crippen molar-refractivity contribution in [1.29, 1.82) is 0 Å². The molecule has 1 N–H and O–H groups in total. The highest BCUT2D eigenvalue weighted by Crippen LogP contribution is 2.32. The molecule has 1 fully saturated rings. The van der Waals surface area contributed by atoms with Crippen LogP contribution in [0.4, 0.5) is 4.39 Å². The third-order valence-electron chi connectivity index (χ3n) is 3.02. The fourth-order valence-corrected chi connectivity index (χ4v) is 1.87. The van der Waals surface area contributed by atoms with E-state index in [9.17, 15) is 14.0 Å². The van der Waals surface area contributed by atoms with Crippen molar-refractivity contribution in [2.45, 2.75) is 13.3 Å². The molecule has 1 heterocycles. The number of benzene rings is 1. The van der Waals surface area contributed by atoms with Gasteiger partial charge in [-0.25, -0.2) is 4.39 Å². The Morgan fingerprint density at radius 3 is 2.68 bits per heavy atom. The van der Waals surface area contributed by atoms with Crippen LogP contribution in [0.5, 0.6) is 11.5 Å². The van der Waals surface area contributed by atoms with Crippen LogP contribution in [0.2, 0.25) is 0 Å².